The van der Waals surface area contributed by atoms with Crippen LogP contribution < -0.4 is 5.73 Å². The molecule has 0 radical (unpaired) electrons. The summed E-state index contributed by atoms with van der Waals surface area (Å²) in [6.07, 6.45) is 2.07. The van der Waals surface area contributed by atoms with Crippen molar-refractivity contribution in [3.05, 3.63) is 23.1 Å². The van der Waals surface area contributed by atoms with Gasteiger partial charge in [0.25, 0.3) is 0 Å². The Morgan fingerprint density at radius 1 is 1.46 bits per heavy atom. The van der Waals surface area contributed by atoms with Gasteiger partial charge in [-0.1, -0.05) is 0 Å². The van der Waals surface area contributed by atoms with Gasteiger partial charge < -0.3 is 5.73 Å². The maximum atomic E-state index is 6.00. The Bertz CT molecular complexity index is 445. The van der Waals surface area contributed by atoms with Gasteiger partial charge in [0, 0.05) is 15.3 Å². The van der Waals surface area contributed by atoms with Crippen molar-refractivity contribution in [2.75, 3.05) is 12.0 Å². The van der Waals surface area contributed by atoms with Crippen LogP contribution in [0.25, 0.3) is 10.1 Å². The molecule has 0 atom stereocenters. The summed E-state index contributed by atoms with van der Waals surface area (Å²) in [6.45, 7) is 2.06. The quantitative estimate of drug-likeness (QED) is 0.574. The third-order valence-corrected chi connectivity index (χ3v) is 4.06. The molecule has 2 N–H and O–H groups in total. The van der Waals surface area contributed by atoms with E-state index in [0.717, 1.165) is 5.69 Å². The van der Waals surface area contributed by atoms with E-state index in [1.807, 2.05) is 0 Å². The maximum Gasteiger partial charge on any atom is 0.0499 e. The van der Waals surface area contributed by atoms with Crippen molar-refractivity contribution in [2.24, 2.45) is 0 Å². The molecule has 0 aliphatic heterocycles. The van der Waals surface area contributed by atoms with Gasteiger partial charge in [-0.25, -0.2) is 0 Å². The fourth-order valence-electron chi connectivity index (χ4n) is 1.43. The Balaban J connectivity index is 2.87. The largest absolute Gasteiger partial charge is 0.398 e. The van der Waals surface area contributed by atoms with Crippen molar-refractivity contribution in [1.29, 1.82) is 0 Å². The van der Waals surface area contributed by atoms with E-state index in [1.54, 1.807) is 23.1 Å². The van der Waals surface area contributed by atoms with Gasteiger partial charge in [-0.05, 0) is 41.6 Å². The molecule has 1 aromatic heterocycles. The second kappa shape index (κ2) is 3.24. The van der Waals surface area contributed by atoms with Gasteiger partial charge in [0.1, 0.15) is 0 Å². The molecule has 0 unspecified atom stereocenters. The van der Waals surface area contributed by atoms with Crippen LogP contribution in [0.5, 0.6) is 0 Å². The molecule has 13 heavy (non-hydrogen) atoms. The molecule has 0 aliphatic rings. The van der Waals surface area contributed by atoms with Crippen molar-refractivity contribution in [3.63, 3.8) is 0 Å². The van der Waals surface area contributed by atoms with Crippen LogP contribution in [0.1, 0.15) is 5.56 Å². The smallest absolute Gasteiger partial charge is 0.0499 e. The van der Waals surface area contributed by atoms with Crippen LogP contribution in [0, 0.1) is 6.92 Å². The minimum absolute atomic E-state index is 0.933. The van der Waals surface area contributed by atoms with Crippen LogP contribution in [0.3, 0.4) is 0 Å². The summed E-state index contributed by atoms with van der Waals surface area (Å²) >= 11 is 3.49. The van der Waals surface area contributed by atoms with Gasteiger partial charge in [0.15, 0.2) is 0 Å². The lowest BCUT2D eigenvalue weighted by molar-refractivity contribution is 1.43. The topological polar surface area (TPSA) is 26.0 Å². The van der Waals surface area contributed by atoms with E-state index < -0.39 is 0 Å². The molecule has 0 fully saturated rings. The molecule has 2 rings (SSSR count). The molecule has 0 spiro atoms. The predicted octanol–water partition coefficient (Wildman–Crippen LogP) is 3.51. The highest BCUT2D eigenvalue weighted by Crippen LogP contribution is 2.37. The first kappa shape index (κ1) is 8.91. The molecular weight excluding hydrogens is 198 g/mol. The molecule has 0 bridgehead atoms. The minimum Gasteiger partial charge on any atom is -0.398 e. The summed E-state index contributed by atoms with van der Waals surface area (Å²) in [7, 11) is 0. The number of thioether (sulfide) groups is 1. The van der Waals surface area contributed by atoms with Gasteiger partial charge >= 0.3 is 0 Å². The molecule has 0 amide bonds. The summed E-state index contributed by atoms with van der Waals surface area (Å²) in [5.74, 6) is 0. The number of hydrogen-bond acceptors (Lipinski definition) is 3. The van der Waals surface area contributed by atoms with Crippen LogP contribution in [0.15, 0.2) is 22.4 Å². The zero-order valence-corrected chi connectivity index (χ0v) is 9.26. The van der Waals surface area contributed by atoms with Gasteiger partial charge in [-0.15, -0.1) is 23.1 Å². The van der Waals surface area contributed by atoms with Crippen LogP contribution in [0.2, 0.25) is 0 Å². The highest BCUT2D eigenvalue weighted by Gasteiger charge is 2.08. The average Bonchev–Trinajstić information content (AvgIpc) is 2.54. The van der Waals surface area contributed by atoms with Gasteiger partial charge in [0.05, 0.1) is 0 Å². The van der Waals surface area contributed by atoms with E-state index in [-0.39, 0.29) is 0 Å². The summed E-state index contributed by atoms with van der Waals surface area (Å²) in [5, 5.41) is 3.42. The van der Waals surface area contributed by atoms with Crippen molar-refractivity contribution < 1.29 is 0 Å². The molecule has 0 saturated carbocycles. The number of aryl methyl sites for hydroxylation is 1. The second-order valence-corrected chi connectivity index (χ2v) is 4.71. The first-order chi connectivity index (χ1) is 6.24. The van der Waals surface area contributed by atoms with Crippen LogP contribution in [-0.2, 0) is 0 Å². The summed E-state index contributed by atoms with van der Waals surface area (Å²) in [4.78, 5) is 1.23. The molecule has 2 aromatic rings. The van der Waals surface area contributed by atoms with Crippen molar-refractivity contribution in [2.45, 2.75) is 11.8 Å². The highest BCUT2D eigenvalue weighted by molar-refractivity contribution is 7.99. The van der Waals surface area contributed by atoms with E-state index in [2.05, 4.69) is 30.7 Å². The summed E-state index contributed by atoms with van der Waals surface area (Å²) < 4.78 is 1.32. The SMILES string of the molecule is CSc1c(N)c(C)cc2ccsc12. The monoisotopic (exact) mass is 209 g/mol. The fourth-order valence-corrected chi connectivity index (χ4v) is 3.34. The third kappa shape index (κ3) is 1.32. The Kier molecular flexibility index (Phi) is 2.22. The number of fused-ring (bicyclic) bond motifs is 1. The Morgan fingerprint density at radius 3 is 2.92 bits per heavy atom. The Hall–Kier alpha value is -0.670. The normalized spacial score (nSPS) is 10.9. The number of anilines is 1. The number of thiophene rings is 1. The van der Waals surface area contributed by atoms with Crippen LogP contribution in [0.4, 0.5) is 5.69 Å². The Morgan fingerprint density at radius 2 is 2.23 bits per heavy atom. The molecule has 0 aliphatic carbocycles. The van der Waals surface area contributed by atoms with Gasteiger partial charge in [-0.3, -0.25) is 0 Å². The average molecular weight is 209 g/mol. The zero-order chi connectivity index (χ0) is 9.42. The number of hydrogen-bond donors (Lipinski definition) is 1. The second-order valence-electron chi connectivity index (χ2n) is 2.98. The minimum atomic E-state index is 0.933. The first-order valence-electron chi connectivity index (χ1n) is 4.04. The highest BCUT2D eigenvalue weighted by atomic mass is 32.2. The van der Waals surface area contributed by atoms with E-state index >= 15 is 0 Å². The Labute approximate surface area is 85.9 Å². The fraction of sp³-hybridized carbons (Fsp3) is 0.200. The van der Waals surface area contributed by atoms with Crippen molar-refractivity contribution >= 4 is 38.9 Å². The molecule has 1 heterocycles. The zero-order valence-electron chi connectivity index (χ0n) is 7.63. The van der Waals surface area contributed by atoms with Crippen molar-refractivity contribution in [3.8, 4) is 0 Å². The molecule has 0 saturated heterocycles. The predicted molar refractivity (Wildman–Crippen MR) is 62.8 cm³/mol. The van der Waals surface area contributed by atoms with Crippen molar-refractivity contribution in [1.82, 2.24) is 0 Å². The molecule has 1 aromatic carbocycles. The van der Waals surface area contributed by atoms with Gasteiger partial charge in [0.2, 0.25) is 0 Å². The van der Waals surface area contributed by atoms with Crippen LogP contribution >= 0.6 is 23.1 Å². The lowest BCUT2D eigenvalue weighted by Gasteiger charge is -2.07. The third-order valence-electron chi connectivity index (χ3n) is 2.15. The van der Waals surface area contributed by atoms with E-state index in [0.29, 0.717) is 0 Å². The van der Waals surface area contributed by atoms with E-state index in [1.165, 1.54) is 20.5 Å². The number of benzene rings is 1. The standard InChI is InChI=1S/C10H11NS2/c1-6-5-7-3-4-13-9(7)10(12-2)8(6)11/h3-5H,11H2,1-2H3. The molecule has 3 heteroatoms. The molecular formula is C10H11NS2. The molecule has 1 nitrogen and oxygen atoms in total. The molecule has 68 valence electrons. The maximum absolute atomic E-state index is 6.00. The van der Waals surface area contributed by atoms with E-state index in [9.17, 15) is 0 Å². The van der Waals surface area contributed by atoms with Gasteiger partial charge in [-0.2, -0.15) is 0 Å². The summed E-state index contributed by atoms with van der Waals surface area (Å²) in [6, 6.07) is 4.30. The number of nitrogen functional groups attached to an aromatic ring is 1. The first-order valence-corrected chi connectivity index (χ1v) is 6.14. The number of rotatable bonds is 1. The van der Waals surface area contributed by atoms with Crippen LogP contribution in [-0.4, -0.2) is 6.26 Å². The lowest BCUT2D eigenvalue weighted by atomic mass is 10.1. The summed E-state index contributed by atoms with van der Waals surface area (Å²) in [5.41, 5.74) is 8.11. The lowest BCUT2D eigenvalue weighted by Crippen LogP contribution is -1.91. The van der Waals surface area contributed by atoms with E-state index in [4.69, 9.17) is 5.73 Å². The number of nitrogens with two attached hydrogens (primary N) is 1.